The van der Waals surface area contributed by atoms with Crippen LogP contribution >= 0.6 is 11.8 Å². The topological polar surface area (TPSA) is 81.1 Å². The third kappa shape index (κ3) is 4.33. The van der Waals surface area contributed by atoms with Gasteiger partial charge in [-0.3, -0.25) is 10.2 Å². The molecule has 5 heteroatoms. The van der Waals surface area contributed by atoms with E-state index < -0.39 is 0 Å². The molecule has 2 unspecified atom stereocenters. The van der Waals surface area contributed by atoms with Crippen molar-refractivity contribution in [1.29, 1.82) is 0 Å². The van der Waals surface area contributed by atoms with Gasteiger partial charge in [0.25, 0.3) is 0 Å². The third-order valence-electron chi connectivity index (χ3n) is 2.88. The molecule has 1 amide bonds. The summed E-state index contributed by atoms with van der Waals surface area (Å²) in [6.07, 6.45) is 0. The molecule has 0 spiro atoms. The maximum atomic E-state index is 11.4. The molecule has 0 fully saturated rings. The molecule has 5 N–H and O–H groups in total. The molecule has 1 aromatic carbocycles. The van der Waals surface area contributed by atoms with E-state index in [1.54, 1.807) is 0 Å². The van der Waals surface area contributed by atoms with Crippen molar-refractivity contribution >= 4 is 17.7 Å². The maximum Gasteiger partial charge on any atom is 0.241 e. The highest BCUT2D eigenvalue weighted by molar-refractivity contribution is 7.99. The second kappa shape index (κ2) is 7.41. The summed E-state index contributed by atoms with van der Waals surface area (Å²) < 4.78 is 0. The maximum absolute atomic E-state index is 11.4. The Labute approximate surface area is 112 Å². The number of hydrogen-bond donors (Lipinski definition) is 3. The van der Waals surface area contributed by atoms with Crippen LogP contribution in [0.2, 0.25) is 0 Å². The number of carbonyl (C=O) groups excluding carboxylic acids is 1. The molecule has 100 valence electrons. The van der Waals surface area contributed by atoms with E-state index in [1.807, 2.05) is 43.0 Å². The van der Waals surface area contributed by atoms with Gasteiger partial charge in [-0.2, -0.15) is 11.8 Å². The Kier molecular flexibility index (Phi) is 6.18. The van der Waals surface area contributed by atoms with E-state index in [9.17, 15) is 4.79 Å². The van der Waals surface area contributed by atoms with Crippen molar-refractivity contribution in [2.45, 2.75) is 30.8 Å². The average molecular weight is 267 g/mol. The molecule has 0 aliphatic rings. The molecule has 0 aliphatic heterocycles. The lowest BCUT2D eigenvalue weighted by Crippen LogP contribution is -2.33. The Hall–Kier alpha value is -1.04. The standard InChI is InChI=1S/C13H21N3OS/c1-9(7-14)18-8-11-3-5-12(6-4-11)10(2)13(17)16-15/h3-6,9-10H,7-8,14-15H2,1-2H3,(H,16,17). The molecule has 0 saturated carbocycles. The van der Waals surface area contributed by atoms with E-state index in [2.05, 4.69) is 12.3 Å². The van der Waals surface area contributed by atoms with Crippen molar-refractivity contribution in [1.82, 2.24) is 5.43 Å². The highest BCUT2D eigenvalue weighted by Crippen LogP contribution is 2.20. The fourth-order valence-corrected chi connectivity index (χ4v) is 2.29. The van der Waals surface area contributed by atoms with Crippen LogP contribution in [0.3, 0.4) is 0 Å². The van der Waals surface area contributed by atoms with E-state index in [1.165, 1.54) is 5.56 Å². The predicted octanol–water partition coefficient (Wildman–Crippen LogP) is 1.36. The Morgan fingerprint density at radius 3 is 2.44 bits per heavy atom. The molecule has 0 aromatic heterocycles. The molecule has 18 heavy (non-hydrogen) atoms. The quantitative estimate of drug-likeness (QED) is 0.413. The monoisotopic (exact) mass is 267 g/mol. The first kappa shape index (κ1) is 15.0. The summed E-state index contributed by atoms with van der Waals surface area (Å²) in [5.41, 5.74) is 9.95. The number of rotatable bonds is 6. The second-order valence-corrected chi connectivity index (χ2v) is 5.76. The van der Waals surface area contributed by atoms with Crippen molar-refractivity contribution in [3.63, 3.8) is 0 Å². The van der Waals surface area contributed by atoms with Crippen molar-refractivity contribution in [2.75, 3.05) is 6.54 Å². The molecule has 4 nitrogen and oxygen atoms in total. The largest absolute Gasteiger partial charge is 0.329 e. The number of nitrogens with two attached hydrogens (primary N) is 2. The summed E-state index contributed by atoms with van der Waals surface area (Å²) in [5.74, 6) is 5.67. The summed E-state index contributed by atoms with van der Waals surface area (Å²) in [6, 6.07) is 8.05. The van der Waals surface area contributed by atoms with Gasteiger partial charge in [0.15, 0.2) is 0 Å². The smallest absolute Gasteiger partial charge is 0.241 e. The lowest BCUT2D eigenvalue weighted by Gasteiger charge is -2.11. The number of thioether (sulfide) groups is 1. The van der Waals surface area contributed by atoms with Crippen molar-refractivity contribution < 1.29 is 4.79 Å². The van der Waals surface area contributed by atoms with E-state index in [-0.39, 0.29) is 11.8 Å². The van der Waals surface area contributed by atoms with Gasteiger partial charge in [-0.1, -0.05) is 31.2 Å². The van der Waals surface area contributed by atoms with Crippen LogP contribution in [0.15, 0.2) is 24.3 Å². The van der Waals surface area contributed by atoms with Crippen LogP contribution in [0.4, 0.5) is 0 Å². The molecule has 0 bridgehead atoms. The molecule has 1 rings (SSSR count). The molecule has 0 radical (unpaired) electrons. The Morgan fingerprint density at radius 2 is 1.94 bits per heavy atom. The molecule has 1 aromatic rings. The lowest BCUT2D eigenvalue weighted by molar-refractivity contribution is -0.122. The second-order valence-electron chi connectivity index (χ2n) is 4.33. The minimum atomic E-state index is -0.223. The highest BCUT2D eigenvalue weighted by Gasteiger charge is 2.13. The van der Waals surface area contributed by atoms with Crippen LogP contribution in [0.25, 0.3) is 0 Å². The summed E-state index contributed by atoms with van der Waals surface area (Å²) in [5, 5.41) is 0.464. The number of hydrazine groups is 1. The first-order chi connectivity index (χ1) is 8.58. The average Bonchev–Trinajstić information content (AvgIpc) is 2.43. The SMILES string of the molecule is CC(CN)SCc1ccc(C(C)C(=O)NN)cc1. The Bertz CT molecular complexity index is 380. The van der Waals surface area contributed by atoms with E-state index >= 15 is 0 Å². The van der Waals surface area contributed by atoms with Crippen LogP contribution in [-0.2, 0) is 10.5 Å². The molecule has 0 heterocycles. The fourth-order valence-electron chi connectivity index (χ4n) is 1.49. The number of carbonyl (C=O) groups is 1. The van der Waals surface area contributed by atoms with E-state index in [0.717, 1.165) is 11.3 Å². The van der Waals surface area contributed by atoms with Crippen molar-refractivity contribution in [3.8, 4) is 0 Å². The minimum absolute atomic E-state index is 0.172. The van der Waals surface area contributed by atoms with Crippen LogP contribution in [0.5, 0.6) is 0 Å². The molecule has 2 atom stereocenters. The van der Waals surface area contributed by atoms with Gasteiger partial charge in [0.2, 0.25) is 5.91 Å². The van der Waals surface area contributed by atoms with E-state index in [4.69, 9.17) is 11.6 Å². The Balaban J connectivity index is 2.60. The summed E-state index contributed by atoms with van der Waals surface area (Å²) >= 11 is 1.83. The lowest BCUT2D eigenvalue weighted by atomic mass is 9.99. The minimum Gasteiger partial charge on any atom is -0.329 e. The normalized spacial score (nSPS) is 14.0. The summed E-state index contributed by atoms with van der Waals surface area (Å²) in [6.45, 7) is 4.64. The fraction of sp³-hybridized carbons (Fsp3) is 0.462. The Morgan fingerprint density at radius 1 is 1.33 bits per heavy atom. The van der Waals surface area contributed by atoms with Gasteiger partial charge in [-0.05, 0) is 18.1 Å². The van der Waals surface area contributed by atoms with Gasteiger partial charge in [0.05, 0.1) is 5.92 Å². The van der Waals surface area contributed by atoms with Gasteiger partial charge in [-0.25, -0.2) is 5.84 Å². The summed E-state index contributed by atoms with van der Waals surface area (Å²) in [7, 11) is 0. The summed E-state index contributed by atoms with van der Waals surface area (Å²) in [4.78, 5) is 11.4. The van der Waals surface area contributed by atoms with Gasteiger partial charge in [0, 0.05) is 17.5 Å². The zero-order valence-electron chi connectivity index (χ0n) is 10.8. The molecule has 0 saturated heterocycles. The van der Waals surface area contributed by atoms with Crippen molar-refractivity contribution in [3.05, 3.63) is 35.4 Å². The van der Waals surface area contributed by atoms with Gasteiger partial charge >= 0.3 is 0 Å². The van der Waals surface area contributed by atoms with Gasteiger partial charge in [-0.15, -0.1) is 0 Å². The predicted molar refractivity (Wildman–Crippen MR) is 77.0 cm³/mol. The number of hydrogen-bond acceptors (Lipinski definition) is 4. The molecular weight excluding hydrogens is 246 g/mol. The van der Waals surface area contributed by atoms with Gasteiger partial charge in [0.1, 0.15) is 0 Å². The number of nitrogens with one attached hydrogen (secondary N) is 1. The van der Waals surface area contributed by atoms with Crippen LogP contribution in [0, 0.1) is 0 Å². The zero-order chi connectivity index (χ0) is 13.5. The molecule has 0 aliphatic carbocycles. The first-order valence-electron chi connectivity index (χ1n) is 5.99. The zero-order valence-corrected chi connectivity index (χ0v) is 11.7. The third-order valence-corrected chi connectivity index (χ3v) is 4.14. The number of benzene rings is 1. The number of amides is 1. The van der Waals surface area contributed by atoms with Crippen LogP contribution < -0.4 is 17.0 Å². The van der Waals surface area contributed by atoms with E-state index in [0.29, 0.717) is 11.8 Å². The van der Waals surface area contributed by atoms with Gasteiger partial charge < -0.3 is 5.73 Å². The van der Waals surface area contributed by atoms with Crippen LogP contribution in [-0.4, -0.2) is 17.7 Å². The van der Waals surface area contributed by atoms with Crippen LogP contribution in [0.1, 0.15) is 30.9 Å². The molecular formula is C13H21N3OS. The highest BCUT2D eigenvalue weighted by atomic mass is 32.2. The first-order valence-corrected chi connectivity index (χ1v) is 7.04. The van der Waals surface area contributed by atoms with Crippen molar-refractivity contribution in [2.24, 2.45) is 11.6 Å².